The first-order chi connectivity index (χ1) is 10.3. The number of rotatable bonds is 4. The van der Waals surface area contributed by atoms with Gasteiger partial charge in [0, 0.05) is 11.5 Å². The van der Waals surface area contributed by atoms with Crippen LogP contribution >= 0.6 is 12.4 Å². The number of nitrogens with zero attached hydrogens (tertiary/aromatic N) is 2. The van der Waals surface area contributed by atoms with Crippen molar-refractivity contribution in [1.29, 1.82) is 0 Å². The fourth-order valence-corrected chi connectivity index (χ4v) is 2.07. The van der Waals surface area contributed by atoms with Crippen LogP contribution in [0.25, 0.3) is 5.69 Å². The van der Waals surface area contributed by atoms with Crippen LogP contribution in [0, 0.1) is 6.92 Å². The molecule has 2 rings (SSSR count). The Morgan fingerprint density at radius 2 is 1.83 bits per heavy atom. The lowest BCUT2D eigenvalue weighted by Crippen LogP contribution is -2.26. The summed E-state index contributed by atoms with van der Waals surface area (Å²) in [5.74, 6) is 0.602. The number of benzene rings is 1. The maximum atomic E-state index is 11.9. The minimum absolute atomic E-state index is 0. The Balaban J connectivity index is 0.00000264. The summed E-state index contributed by atoms with van der Waals surface area (Å²) in [7, 11) is 1.75. The molecule has 0 aliphatic carbocycles. The summed E-state index contributed by atoms with van der Waals surface area (Å²) < 4.78 is 1.79. The Bertz CT molecular complexity index is 656. The van der Waals surface area contributed by atoms with E-state index in [0.717, 1.165) is 11.4 Å². The van der Waals surface area contributed by atoms with Gasteiger partial charge in [-0.25, -0.2) is 4.68 Å². The fourth-order valence-electron chi connectivity index (χ4n) is 2.07. The monoisotopic (exact) mass is 336 g/mol. The van der Waals surface area contributed by atoms with Gasteiger partial charge in [0.2, 0.25) is 5.91 Å². The van der Waals surface area contributed by atoms with Crippen molar-refractivity contribution in [2.24, 2.45) is 0 Å². The van der Waals surface area contributed by atoms with Crippen LogP contribution in [-0.4, -0.2) is 29.3 Å². The summed E-state index contributed by atoms with van der Waals surface area (Å²) in [6.45, 7) is 8.63. The molecular weight excluding hydrogens is 312 g/mol. The molecule has 0 aliphatic rings. The third-order valence-electron chi connectivity index (χ3n) is 3.36. The smallest absolute Gasteiger partial charge is 0.239 e. The number of carbonyl (C=O) groups is 1. The molecule has 0 fully saturated rings. The van der Waals surface area contributed by atoms with Crippen molar-refractivity contribution in [3.05, 3.63) is 41.6 Å². The van der Waals surface area contributed by atoms with E-state index in [0.29, 0.717) is 5.82 Å². The van der Waals surface area contributed by atoms with Crippen molar-refractivity contribution in [2.75, 3.05) is 18.9 Å². The molecule has 0 radical (unpaired) electrons. The number of anilines is 1. The lowest BCUT2D eigenvalue weighted by molar-refractivity contribution is -0.115. The molecule has 1 amide bonds. The summed E-state index contributed by atoms with van der Waals surface area (Å²) in [5, 5.41) is 10.4. The van der Waals surface area contributed by atoms with E-state index in [1.807, 2.05) is 37.3 Å². The highest BCUT2D eigenvalue weighted by molar-refractivity contribution is 5.91. The molecule has 0 spiro atoms. The number of amides is 1. The van der Waals surface area contributed by atoms with Gasteiger partial charge in [0.25, 0.3) is 0 Å². The third kappa shape index (κ3) is 4.81. The first-order valence-corrected chi connectivity index (χ1v) is 7.43. The van der Waals surface area contributed by atoms with Crippen LogP contribution in [-0.2, 0) is 10.2 Å². The van der Waals surface area contributed by atoms with Crippen LogP contribution in [0.5, 0.6) is 0 Å². The highest BCUT2D eigenvalue weighted by atomic mass is 35.5. The zero-order valence-electron chi connectivity index (χ0n) is 14.3. The van der Waals surface area contributed by atoms with E-state index >= 15 is 0 Å². The summed E-state index contributed by atoms with van der Waals surface area (Å²) in [6.07, 6.45) is 0. The first kappa shape index (κ1) is 19.2. The number of hydrogen-bond donors (Lipinski definition) is 2. The molecule has 0 saturated carbocycles. The third-order valence-corrected chi connectivity index (χ3v) is 3.36. The molecule has 5 nitrogen and oxygen atoms in total. The van der Waals surface area contributed by atoms with Gasteiger partial charge in [-0.2, -0.15) is 5.10 Å². The molecule has 0 bridgehead atoms. The standard InChI is InChI=1S/C17H24N4O.ClH/c1-12-6-8-13(9-7-12)21-15(19-16(22)11-18-5)10-14(20-21)17(2,3)4;/h6-10,18H,11H2,1-5H3,(H,19,22);1H. The summed E-state index contributed by atoms with van der Waals surface area (Å²) in [6, 6.07) is 10.0. The van der Waals surface area contributed by atoms with Crippen molar-refractivity contribution in [3.63, 3.8) is 0 Å². The SMILES string of the molecule is CNCC(=O)Nc1cc(C(C)(C)C)nn1-c1ccc(C)cc1.Cl. The zero-order chi connectivity index (χ0) is 16.3. The molecular formula is C17H25ClN4O. The molecule has 1 aromatic heterocycles. The molecule has 0 aliphatic heterocycles. The van der Waals surface area contributed by atoms with Gasteiger partial charge in [-0.1, -0.05) is 38.5 Å². The maximum absolute atomic E-state index is 11.9. The average molecular weight is 337 g/mol. The van der Waals surface area contributed by atoms with Gasteiger partial charge < -0.3 is 10.6 Å². The van der Waals surface area contributed by atoms with Crippen LogP contribution in [0.4, 0.5) is 5.82 Å². The second-order valence-electron chi connectivity index (χ2n) is 6.49. The van der Waals surface area contributed by atoms with E-state index in [9.17, 15) is 4.79 Å². The lowest BCUT2D eigenvalue weighted by Gasteiger charge is -2.14. The second-order valence-corrected chi connectivity index (χ2v) is 6.49. The number of carbonyl (C=O) groups excluding carboxylic acids is 1. The Morgan fingerprint density at radius 3 is 2.35 bits per heavy atom. The molecule has 6 heteroatoms. The number of aromatic nitrogens is 2. The van der Waals surface area contributed by atoms with Crippen LogP contribution in [0.15, 0.2) is 30.3 Å². The largest absolute Gasteiger partial charge is 0.311 e. The van der Waals surface area contributed by atoms with Crippen molar-refractivity contribution >= 4 is 24.1 Å². The van der Waals surface area contributed by atoms with Crippen LogP contribution < -0.4 is 10.6 Å². The van der Waals surface area contributed by atoms with E-state index in [4.69, 9.17) is 0 Å². The highest BCUT2D eigenvalue weighted by Crippen LogP contribution is 2.26. The lowest BCUT2D eigenvalue weighted by atomic mass is 9.92. The van der Waals surface area contributed by atoms with Gasteiger partial charge in [-0.05, 0) is 26.1 Å². The zero-order valence-corrected chi connectivity index (χ0v) is 15.1. The summed E-state index contributed by atoms with van der Waals surface area (Å²) in [5.41, 5.74) is 2.97. The molecule has 0 saturated heterocycles. The average Bonchev–Trinajstić information content (AvgIpc) is 2.83. The summed E-state index contributed by atoms with van der Waals surface area (Å²) in [4.78, 5) is 11.9. The number of hydrogen-bond acceptors (Lipinski definition) is 3. The van der Waals surface area contributed by atoms with Gasteiger partial charge in [0.1, 0.15) is 5.82 Å². The van der Waals surface area contributed by atoms with Gasteiger partial charge in [0.05, 0.1) is 17.9 Å². The Morgan fingerprint density at radius 1 is 1.22 bits per heavy atom. The van der Waals surface area contributed by atoms with Crippen molar-refractivity contribution in [2.45, 2.75) is 33.1 Å². The van der Waals surface area contributed by atoms with Gasteiger partial charge >= 0.3 is 0 Å². The van der Waals surface area contributed by atoms with Crippen molar-refractivity contribution in [3.8, 4) is 5.69 Å². The number of likely N-dealkylation sites (N-methyl/N-ethyl adjacent to an activating group) is 1. The van der Waals surface area contributed by atoms with E-state index < -0.39 is 0 Å². The predicted molar refractivity (Wildman–Crippen MR) is 96.8 cm³/mol. The normalized spacial score (nSPS) is 11.0. The van der Waals surface area contributed by atoms with Gasteiger partial charge in [-0.3, -0.25) is 4.79 Å². The molecule has 1 heterocycles. The molecule has 2 N–H and O–H groups in total. The van der Waals surface area contributed by atoms with E-state index in [1.54, 1.807) is 11.7 Å². The van der Waals surface area contributed by atoms with Crippen LogP contribution in [0.1, 0.15) is 32.0 Å². The topological polar surface area (TPSA) is 59.0 Å². The predicted octanol–water partition coefficient (Wildman–Crippen LogP) is 3.06. The Labute approximate surface area is 143 Å². The van der Waals surface area contributed by atoms with E-state index in [1.165, 1.54) is 5.56 Å². The maximum Gasteiger partial charge on any atom is 0.239 e. The van der Waals surface area contributed by atoms with E-state index in [2.05, 4.69) is 36.5 Å². The Hall–Kier alpha value is -1.85. The number of aryl methyl sites for hydroxylation is 1. The van der Waals surface area contributed by atoms with Gasteiger partial charge in [-0.15, -0.1) is 12.4 Å². The van der Waals surface area contributed by atoms with Gasteiger partial charge in [0.15, 0.2) is 0 Å². The molecule has 23 heavy (non-hydrogen) atoms. The van der Waals surface area contributed by atoms with Crippen molar-refractivity contribution < 1.29 is 4.79 Å². The molecule has 2 aromatic rings. The fraction of sp³-hybridized carbons (Fsp3) is 0.412. The molecule has 126 valence electrons. The first-order valence-electron chi connectivity index (χ1n) is 7.43. The summed E-state index contributed by atoms with van der Waals surface area (Å²) >= 11 is 0. The Kier molecular flexibility index (Phi) is 6.36. The second kappa shape index (κ2) is 7.62. The van der Waals surface area contributed by atoms with Crippen molar-refractivity contribution in [1.82, 2.24) is 15.1 Å². The molecule has 1 aromatic carbocycles. The number of halogens is 1. The quantitative estimate of drug-likeness (QED) is 0.902. The van der Waals surface area contributed by atoms with Crippen LogP contribution in [0.2, 0.25) is 0 Å². The molecule has 0 unspecified atom stereocenters. The molecule has 0 atom stereocenters. The van der Waals surface area contributed by atoms with E-state index in [-0.39, 0.29) is 30.3 Å². The minimum atomic E-state index is -0.0868. The minimum Gasteiger partial charge on any atom is -0.311 e. The highest BCUT2D eigenvalue weighted by Gasteiger charge is 2.21. The number of nitrogens with one attached hydrogen (secondary N) is 2. The van der Waals surface area contributed by atoms with Crippen LogP contribution in [0.3, 0.4) is 0 Å².